The topological polar surface area (TPSA) is 74.3 Å². The summed E-state index contributed by atoms with van der Waals surface area (Å²) in [4.78, 5) is 4.28. The average molecular weight is 353 g/mol. The van der Waals surface area contributed by atoms with Crippen molar-refractivity contribution in [3.63, 3.8) is 0 Å². The third-order valence-corrected chi connectivity index (χ3v) is 5.80. The minimum Gasteiger partial charge on any atom is -0.760 e. The molecule has 23 heavy (non-hydrogen) atoms. The molecular weight excluding hydrogens is 332 g/mol. The summed E-state index contributed by atoms with van der Waals surface area (Å²) in [5, 5.41) is 0. The number of aromatic nitrogens is 1. The summed E-state index contributed by atoms with van der Waals surface area (Å²) in [6, 6.07) is 6.02. The highest BCUT2D eigenvalue weighted by Gasteiger charge is 2.25. The van der Waals surface area contributed by atoms with Gasteiger partial charge in [0.15, 0.2) is 0 Å². The zero-order chi connectivity index (χ0) is 16.1. The van der Waals surface area contributed by atoms with Crippen molar-refractivity contribution in [1.82, 2.24) is 9.71 Å². The van der Waals surface area contributed by atoms with Gasteiger partial charge in [0.25, 0.3) is 0 Å². The molecule has 1 heterocycles. The lowest BCUT2D eigenvalue weighted by Crippen LogP contribution is -2.29. The molecule has 2 aromatic rings. The fourth-order valence-corrected chi connectivity index (χ4v) is 4.33. The first-order valence-electron chi connectivity index (χ1n) is 8.01. The van der Waals surface area contributed by atoms with Gasteiger partial charge in [0.1, 0.15) is 5.75 Å². The zero-order valence-corrected chi connectivity index (χ0v) is 14.5. The summed E-state index contributed by atoms with van der Waals surface area (Å²) < 4.78 is 30.8. The van der Waals surface area contributed by atoms with E-state index in [2.05, 4.69) is 9.71 Å². The van der Waals surface area contributed by atoms with Gasteiger partial charge in [-0.25, -0.2) is 9.71 Å². The maximum atomic E-state index is 10.6. The van der Waals surface area contributed by atoms with Crippen molar-refractivity contribution in [3.05, 3.63) is 23.7 Å². The second kappa shape index (κ2) is 8.19. The molecule has 1 aromatic carbocycles. The lowest BCUT2D eigenvalue weighted by molar-refractivity contribution is 0.143. The van der Waals surface area contributed by atoms with Gasteiger partial charge in [-0.15, -0.1) is 11.3 Å². The maximum absolute atomic E-state index is 10.6. The quantitative estimate of drug-likeness (QED) is 0.775. The molecule has 0 bridgehead atoms. The predicted octanol–water partition coefficient (Wildman–Crippen LogP) is 3.26. The molecule has 7 heteroatoms. The Bertz CT molecular complexity index is 662. The summed E-state index contributed by atoms with van der Waals surface area (Å²) >= 11 is -0.541. The van der Waals surface area contributed by atoms with Crippen molar-refractivity contribution in [2.75, 3.05) is 13.2 Å². The number of nitrogens with zero attached hydrogens (tertiary/aromatic N) is 1. The first-order chi connectivity index (χ1) is 11.2. The van der Waals surface area contributed by atoms with Crippen molar-refractivity contribution >= 4 is 32.8 Å². The Morgan fingerprint density at radius 2 is 2.17 bits per heavy atom. The fourth-order valence-electron chi connectivity index (χ4n) is 3.34. The molecule has 126 valence electrons. The van der Waals surface area contributed by atoms with Gasteiger partial charge in [-0.3, -0.25) is 4.21 Å². The van der Waals surface area contributed by atoms with Gasteiger partial charge in [-0.1, -0.05) is 19.3 Å². The number of nitrogens with one attached hydrogen (secondary N) is 1. The number of ether oxygens (including phenoxy) is 1. The number of hydrogen-bond donors (Lipinski definition) is 1. The molecule has 1 N–H and O–H groups in total. The molecule has 3 rings (SSSR count). The van der Waals surface area contributed by atoms with Crippen molar-refractivity contribution < 1.29 is 13.5 Å². The average Bonchev–Trinajstić information content (AvgIpc) is 3.01. The van der Waals surface area contributed by atoms with Gasteiger partial charge in [-0.05, 0) is 42.9 Å². The first kappa shape index (κ1) is 16.8. The Labute approximate surface area is 142 Å². The Balaban J connectivity index is 1.54. The number of thiazole rings is 1. The summed E-state index contributed by atoms with van der Waals surface area (Å²) in [5.41, 5.74) is 2.85. The zero-order valence-electron chi connectivity index (χ0n) is 12.9. The molecule has 0 radical (unpaired) electrons. The van der Waals surface area contributed by atoms with Crippen LogP contribution in [0.3, 0.4) is 0 Å². The van der Waals surface area contributed by atoms with E-state index in [1.807, 2.05) is 23.7 Å². The molecule has 0 spiro atoms. The van der Waals surface area contributed by atoms with Crippen LogP contribution in [0.25, 0.3) is 10.2 Å². The van der Waals surface area contributed by atoms with Crippen LogP contribution >= 0.6 is 11.3 Å². The monoisotopic (exact) mass is 353 g/mol. The SMILES string of the molecule is O=S([O-])NCCC1CCCCC1COc1ccc2ncsc2c1. The van der Waals surface area contributed by atoms with E-state index in [0.717, 1.165) is 35.2 Å². The van der Waals surface area contributed by atoms with E-state index in [-0.39, 0.29) is 0 Å². The van der Waals surface area contributed by atoms with Crippen LogP contribution in [0.15, 0.2) is 23.7 Å². The van der Waals surface area contributed by atoms with Gasteiger partial charge in [-0.2, -0.15) is 0 Å². The molecule has 1 saturated carbocycles. The second-order valence-electron chi connectivity index (χ2n) is 6.02. The van der Waals surface area contributed by atoms with E-state index in [0.29, 0.717) is 25.0 Å². The molecule has 0 saturated heterocycles. The molecule has 1 aromatic heterocycles. The largest absolute Gasteiger partial charge is 0.760 e. The van der Waals surface area contributed by atoms with Crippen LogP contribution in [0.4, 0.5) is 0 Å². The molecule has 0 amide bonds. The molecule has 1 aliphatic carbocycles. The number of benzene rings is 1. The molecule has 5 nitrogen and oxygen atoms in total. The van der Waals surface area contributed by atoms with Crippen LogP contribution in [-0.4, -0.2) is 26.9 Å². The van der Waals surface area contributed by atoms with Crippen molar-refractivity contribution in [1.29, 1.82) is 0 Å². The van der Waals surface area contributed by atoms with Crippen molar-refractivity contribution in [3.8, 4) is 5.75 Å². The minimum absolute atomic E-state index is 0.503. The van der Waals surface area contributed by atoms with Crippen LogP contribution in [0.5, 0.6) is 5.75 Å². The highest BCUT2D eigenvalue weighted by Crippen LogP contribution is 2.33. The summed E-state index contributed by atoms with van der Waals surface area (Å²) in [6.45, 7) is 1.22. The predicted molar refractivity (Wildman–Crippen MR) is 92.1 cm³/mol. The maximum Gasteiger partial charge on any atom is 0.120 e. The molecule has 3 unspecified atom stereocenters. The van der Waals surface area contributed by atoms with E-state index in [9.17, 15) is 8.76 Å². The van der Waals surface area contributed by atoms with E-state index >= 15 is 0 Å². The standard InChI is InChI=1S/C16H22N2O3S2/c19-23(20)18-8-7-12-3-1-2-4-13(12)10-21-14-5-6-15-16(9-14)22-11-17-15/h5-6,9,11-13,18H,1-4,7-8,10H2,(H,19,20)/p-1. The van der Waals surface area contributed by atoms with Crippen LogP contribution in [-0.2, 0) is 11.3 Å². The van der Waals surface area contributed by atoms with E-state index < -0.39 is 11.3 Å². The van der Waals surface area contributed by atoms with Gasteiger partial charge < -0.3 is 9.29 Å². The van der Waals surface area contributed by atoms with Crippen molar-refractivity contribution in [2.24, 2.45) is 11.8 Å². The number of hydrogen-bond acceptors (Lipinski definition) is 5. The molecule has 0 aliphatic heterocycles. The minimum atomic E-state index is -2.16. The van der Waals surface area contributed by atoms with Crippen LogP contribution < -0.4 is 9.46 Å². The molecule has 3 atom stereocenters. The Hall–Kier alpha value is -1.02. The first-order valence-corrected chi connectivity index (χ1v) is 9.96. The van der Waals surface area contributed by atoms with Gasteiger partial charge in [0, 0.05) is 17.8 Å². The van der Waals surface area contributed by atoms with Gasteiger partial charge >= 0.3 is 0 Å². The Morgan fingerprint density at radius 1 is 1.35 bits per heavy atom. The summed E-state index contributed by atoms with van der Waals surface area (Å²) in [7, 11) is 0. The van der Waals surface area contributed by atoms with E-state index in [1.165, 1.54) is 12.8 Å². The smallest absolute Gasteiger partial charge is 0.120 e. The van der Waals surface area contributed by atoms with Gasteiger partial charge in [0.05, 0.1) is 22.3 Å². The summed E-state index contributed by atoms with van der Waals surface area (Å²) in [6.07, 6.45) is 5.67. The molecular formula is C16H21N2O3S2-. The van der Waals surface area contributed by atoms with Crippen LogP contribution in [0.1, 0.15) is 32.1 Å². The lowest BCUT2D eigenvalue weighted by Gasteiger charge is -2.31. The molecule has 1 aliphatic rings. The third-order valence-electron chi connectivity index (χ3n) is 4.57. The van der Waals surface area contributed by atoms with Gasteiger partial charge in [0.2, 0.25) is 0 Å². The fraction of sp³-hybridized carbons (Fsp3) is 0.562. The van der Waals surface area contributed by atoms with Crippen molar-refractivity contribution in [2.45, 2.75) is 32.1 Å². The highest BCUT2D eigenvalue weighted by atomic mass is 32.2. The molecule has 1 fully saturated rings. The summed E-state index contributed by atoms with van der Waals surface area (Å²) in [5.74, 6) is 1.93. The number of rotatable bonds is 7. The lowest BCUT2D eigenvalue weighted by atomic mass is 9.78. The van der Waals surface area contributed by atoms with E-state index in [1.54, 1.807) is 11.3 Å². The third kappa shape index (κ3) is 4.73. The Morgan fingerprint density at radius 3 is 3.00 bits per heavy atom. The van der Waals surface area contributed by atoms with Crippen LogP contribution in [0.2, 0.25) is 0 Å². The number of fused-ring (bicyclic) bond motifs is 1. The second-order valence-corrected chi connectivity index (χ2v) is 7.66. The Kier molecular flexibility index (Phi) is 5.99. The van der Waals surface area contributed by atoms with Crippen LogP contribution in [0, 0.1) is 11.8 Å². The van der Waals surface area contributed by atoms with E-state index in [4.69, 9.17) is 4.74 Å². The normalized spacial score (nSPS) is 23.0. The highest BCUT2D eigenvalue weighted by molar-refractivity contribution is 7.77.